The Balaban J connectivity index is 4.41. The number of aliphatic hydroxyl groups is 3. The zero-order valence-electron chi connectivity index (χ0n) is 12.1. The Hall–Kier alpha value is -2.28. The molecule has 0 aliphatic rings. The van der Waals surface area contributed by atoms with E-state index in [1.807, 2.05) is 5.32 Å². The van der Waals surface area contributed by atoms with Crippen molar-refractivity contribution in [3.8, 4) is 0 Å². The van der Waals surface area contributed by atoms with Crippen LogP contribution in [-0.4, -0.2) is 88.6 Å². The van der Waals surface area contributed by atoms with Crippen molar-refractivity contribution >= 4 is 23.7 Å². The van der Waals surface area contributed by atoms with Gasteiger partial charge in [-0.2, -0.15) is 0 Å². The highest BCUT2D eigenvalue weighted by Gasteiger charge is 2.24. The van der Waals surface area contributed by atoms with Crippen molar-refractivity contribution < 1.29 is 39.6 Å². The van der Waals surface area contributed by atoms with E-state index < -0.39 is 68.2 Å². The summed E-state index contributed by atoms with van der Waals surface area (Å²) in [5.74, 6) is -4.14. The van der Waals surface area contributed by atoms with Crippen LogP contribution in [0.25, 0.3) is 0 Å². The number of aliphatic carboxylic acids is 1. The number of aliphatic hydroxyl groups excluding tert-OH is 3. The highest BCUT2D eigenvalue weighted by atomic mass is 16.4. The van der Waals surface area contributed by atoms with Crippen LogP contribution in [0.1, 0.15) is 0 Å². The van der Waals surface area contributed by atoms with Crippen molar-refractivity contribution in [2.75, 3.05) is 26.4 Å². The summed E-state index contributed by atoms with van der Waals surface area (Å²) < 4.78 is 0. The van der Waals surface area contributed by atoms with Gasteiger partial charge in [-0.15, -0.1) is 0 Å². The molecule has 0 aliphatic heterocycles. The van der Waals surface area contributed by atoms with Gasteiger partial charge in [0.05, 0.1) is 26.4 Å². The van der Waals surface area contributed by atoms with E-state index in [-0.39, 0.29) is 0 Å². The first kappa shape index (κ1) is 20.7. The number of hydrogen-bond acceptors (Lipinski definition) is 8. The van der Waals surface area contributed by atoms with Crippen LogP contribution in [0.15, 0.2) is 0 Å². The van der Waals surface area contributed by atoms with Crippen LogP contribution in [0, 0.1) is 0 Å². The SMILES string of the molecule is N[C@@H](CO)C(=O)N[C@@H](CO)C(=O)NCC(=O)N[C@@H](CO)C(=O)O. The van der Waals surface area contributed by atoms with Gasteiger partial charge in [-0.25, -0.2) is 4.79 Å². The standard InChI is InChI=1S/C11H20N4O8/c12-5(2-16)9(20)15-6(3-17)10(21)13-1-8(19)14-7(4-18)11(22)23/h5-7,16-18H,1-4,12H2,(H,13,21)(H,14,19)(H,15,20)(H,22,23)/t5-,6-,7-/m0/s1. The lowest BCUT2D eigenvalue weighted by Gasteiger charge is -2.18. The molecular weight excluding hydrogens is 316 g/mol. The molecular formula is C11H20N4O8. The number of carboxylic acids is 1. The van der Waals surface area contributed by atoms with Crippen LogP contribution in [-0.2, 0) is 19.2 Å². The first-order valence-electron chi connectivity index (χ1n) is 6.45. The number of carboxylic acid groups (broad SMARTS) is 1. The van der Waals surface area contributed by atoms with Gasteiger partial charge in [0.1, 0.15) is 18.1 Å². The van der Waals surface area contributed by atoms with E-state index in [1.54, 1.807) is 0 Å². The molecule has 0 fully saturated rings. The lowest BCUT2D eigenvalue weighted by Crippen LogP contribution is -2.55. The molecule has 0 aromatic heterocycles. The Labute approximate surface area is 130 Å². The van der Waals surface area contributed by atoms with E-state index in [9.17, 15) is 19.2 Å². The van der Waals surface area contributed by atoms with Crippen LogP contribution in [0.4, 0.5) is 0 Å². The Morgan fingerprint density at radius 3 is 1.87 bits per heavy atom. The van der Waals surface area contributed by atoms with Gasteiger partial charge in [0.25, 0.3) is 0 Å². The number of amides is 3. The molecule has 0 saturated heterocycles. The molecule has 0 unspecified atom stereocenters. The Morgan fingerprint density at radius 2 is 1.43 bits per heavy atom. The van der Waals surface area contributed by atoms with E-state index in [1.165, 1.54) is 0 Å². The van der Waals surface area contributed by atoms with E-state index in [4.69, 9.17) is 26.2 Å². The molecule has 0 saturated carbocycles. The second-order valence-corrected chi connectivity index (χ2v) is 4.39. The van der Waals surface area contributed by atoms with Crippen LogP contribution < -0.4 is 21.7 Å². The summed E-state index contributed by atoms with van der Waals surface area (Å²) >= 11 is 0. The molecule has 0 aromatic rings. The summed E-state index contributed by atoms with van der Waals surface area (Å²) in [6.45, 7) is -2.91. The quantitative estimate of drug-likeness (QED) is 0.191. The van der Waals surface area contributed by atoms with Crippen LogP contribution in [0.3, 0.4) is 0 Å². The number of nitrogens with two attached hydrogens (primary N) is 1. The van der Waals surface area contributed by atoms with Gasteiger partial charge in [0.15, 0.2) is 0 Å². The number of carbonyl (C=O) groups excluding carboxylic acids is 3. The average molecular weight is 336 g/mol. The lowest BCUT2D eigenvalue weighted by molar-refractivity contribution is -0.142. The minimum atomic E-state index is -1.52. The predicted molar refractivity (Wildman–Crippen MR) is 73.7 cm³/mol. The second-order valence-electron chi connectivity index (χ2n) is 4.39. The molecule has 9 N–H and O–H groups in total. The minimum Gasteiger partial charge on any atom is -0.480 e. The molecule has 0 spiro atoms. The van der Waals surface area contributed by atoms with E-state index >= 15 is 0 Å². The molecule has 12 heteroatoms. The maximum absolute atomic E-state index is 11.7. The minimum absolute atomic E-state index is 0.638. The summed E-state index contributed by atoms with van der Waals surface area (Å²) in [5.41, 5.74) is 5.22. The van der Waals surface area contributed by atoms with E-state index in [0.29, 0.717) is 0 Å². The molecule has 23 heavy (non-hydrogen) atoms. The molecule has 0 aliphatic carbocycles. The van der Waals surface area contributed by atoms with Gasteiger partial charge in [-0.3, -0.25) is 14.4 Å². The van der Waals surface area contributed by atoms with Crippen molar-refractivity contribution in [3.63, 3.8) is 0 Å². The van der Waals surface area contributed by atoms with Gasteiger partial charge in [-0.05, 0) is 0 Å². The molecule has 3 amide bonds. The van der Waals surface area contributed by atoms with Gasteiger partial charge in [0.2, 0.25) is 17.7 Å². The number of hydrogen-bond donors (Lipinski definition) is 8. The summed E-state index contributed by atoms with van der Waals surface area (Å²) in [4.78, 5) is 45.1. The van der Waals surface area contributed by atoms with Crippen molar-refractivity contribution in [3.05, 3.63) is 0 Å². The van der Waals surface area contributed by atoms with Gasteiger partial charge in [0, 0.05) is 0 Å². The zero-order valence-corrected chi connectivity index (χ0v) is 12.1. The molecule has 12 nitrogen and oxygen atoms in total. The largest absolute Gasteiger partial charge is 0.480 e. The molecule has 0 bridgehead atoms. The number of nitrogens with one attached hydrogen (secondary N) is 3. The monoisotopic (exact) mass is 336 g/mol. The fraction of sp³-hybridized carbons (Fsp3) is 0.636. The van der Waals surface area contributed by atoms with Crippen molar-refractivity contribution in [2.45, 2.75) is 18.1 Å². The normalized spacial score (nSPS) is 14.3. The van der Waals surface area contributed by atoms with Gasteiger partial charge in [-0.1, -0.05) is 0 Å². The first-order chi connectivity index (χ1) is 10.8. The Kier molecular flexibility index (Phi) is 9.41. The fourth-order valence-electron chi connectivity index (χ4n) is 1.28. The molecule has 0 radical (unpaired) electrons. The maximum Gasteiger partial charge on any atom is 0.328 e. The van der Waals surface area contributed by atoms with Crippen LogP contribution >= 0.6 is 0 Å². The smallest absolute Gasteiger partial charge is 0.328 e. The number of carbonyl (C=O) groups is 4. The van der Waals surface area contributed by atoms with Crippen molar-refractivity contribution in [1.29, 1.82) is 0 Å². The first-order valence-corrected chi connectivity index (χ1v) is 6.45. The molecule has 3 atom stereocenters. The maximum atomic E-state index is 11.7. The Morgan fingerprint density at radius 1 is 0.870 bits per heavy atom. The van der Waals surface area contributed by atoms with E-state index in [2.05, 4.69) is 10.6 Å². The van der Waals surface area contributed by atoms with Crippen LogP contribution in [0.2, 0.25) is 0 Å². The van der Waals surface area contributed by atoms with Gasteiger partial charge < -0.3 is 42.1 Å². The zero-order chi connectivity index (χ0) is 18.0. The molecule has 0 heterocycles. The van der Waals surface area contributed by atoms with E-state index in [0.717, 1.165) is 0 Å². The predicted octanol–water partition coefficient (Wildman–Crippen LogP) is -5.54. The van der Waals surface area contributed by atoms with Gasteiger partial charge >= 0.3 is 5.97 Å². The second kappa shape index (κ2) is 10.4. The third kappa shape index (κ3) is 7.51. The third-order valence-corrected chi connectivity index (χ3v) is 2.59. The summed E-state index contributed by atoms with van der Waals surface area (Å²) in [7, 11) is 0. The fourth-order valence-corrected chi connectivity index (χ4v) is 1.28. The summed E-state index contributed by atoms with van der Waals surface area (Å²) in [5, 5.41) is 41.1. The van der Waals surface area contributed by atoms with Crippen molar-refractivity contribution in [1.82, 2.24) is 16.0 Å². The molecule has 0 rings (SSSR count). The summed E-state index contributed by atoms with van der Waals surface area (Å²) in [6, 6.07) is -4.20. The third-order valence-electron chi connectivity index (χ3n) is 2.59. The van der Waals surface area contributed by atoms with Crippen molar-refractivity contribution in [2.24, 2.45) is 5.73 Å². The molecule has 132 valence electrons. The highest BCUT2D eigenvalue weighted by molar-refractivity contribution is 5.92. The average Bonchev–Trinajstić information content (AvgIpc) is 2.53. The topological polar surface area (TPSA) is 211 Å². The van der Waals surface area contributed by atoms with Crippen LogP contribution in [0.5, 0.6) is 0 Å². The lowest BCUT2D eigenvalue weighted by atomic mass is 10.2. The summed E-state index contributed by atoms with van der Waals surface area (Å²) in [6.07, 6.45) is 0. The molecule has 0 aromatic carbocycles. The number of rotatable bonds is 10. The Bertz CT molecular complexity index is 444. The highest BCUT2D eigenvalue weighted by Crippen LogP contribution is 1.87.